The smallest absolute Gasteiger partial charge is 0.329 e. The van der Waals surface area contributed by atoms with Crippen molar-refractivity contribution in [1.82, 2.24) is 10.2 Å². The Bertz CT molecular complexity index is 943. The van der Waals surface area contributed by atoms with Crippen LogP contribution in [0.15, 0.2) is 42.1 Å². The topological polar surface area (TPSA) is 58.6 Å². The van der Waals surface area contributed by atoms with Crippen molar-refractivity contribution in [3.8, 4) is 5.75 Å². The highest BCUT2D eigenvalue weighted by molar-refractivity contribution is 6.14. The molecule has 5 nitrogen and oxygen atoms in total. The van der Waals surface area contributed by atoms with E-state index in [1.807, 2.05) is 50.2 Å². The van der Waals surface area contributed by atoms with Crippen molar-refractivity contribution in [3.05, 3.63) is 69.9 Å². The number of nitrogens with zero attached hydrogens (tertiary/aromatic N) is 1. The molecule has 146 valence electrons. The molecule has 3 amide bonds. The Hall–Kier alpha value is -3.08. The number of nitrogens with one attached hydrogen (secondary N) is 1. The van der Waals surface area contributed by atoms with Crippen LogP contribution in [0.3, 0.4) is 0 Å². The van der Waals surface area contributed by atoms with Crippen LogP contribution in [0, 0.1) is 13.8 Å². The number of imide groups is 1. The third-order valence-electron chi connectivity index (χ3n) is 4.96. The largest absolute Gasteiger partial charge is 0.496 e. The second-order valence-electron chi connectivity index (χ2n) is 7.47. The quantitative estimate of drug-likeness (QED) is 0.614. The van der Waals surface area contributed by atoms with Crippen molar-refractivity contribution in [2.45, 2.75) is 40.2 Å². The summed E-state index contributed by atoms with van der Waals surface area (Å²) in [7, 11) is 1.66. The minimum absolute atomic E-state index is 0.251. The third-order valence-corrected chi connectivity index (χ3v) is 4.96. The first-order valence-electron chi connectivity index (χ1n) is 9.38. The summed E-state index contributed by atoms with van der Waals surface area (Å²) < 4.78 is 5.48. The molecule has 1 aliphatic rings. The first-order valence-corrected chi connectivity index (χ1v) is 9.38. The molecule has 1 N–H and O–H groups in total. The molecule has 0 spiro atoms. The Morgan fingerprint density at radius 1 is 1.11 bits per heavy atom. The molecule has 0 atom stereocenters. The highest BCUT2D eigenvalue weighted by Crippen LogP contribution is 2.31. The van der Waals surface area contributed by atoms with Gasteiger partial charge in [-0.3, -0.25) is 9.69 Å². The maximum atomic E-state index is 12.8. The average molecular weight is 378 g/mol. The molecule has 0 bridgehead atoms. The predicted octanol–water partition coefficient (Wildman–Crippen LogP) is 4.53. The van der Waals surface area contributed by atoms with E-state index in [1.165, 1.54) is 4.90 Å². The van der Waals surface area contributed by atoms with Gasteiger partial charge < -0.3 is 10.1 Å². The minimum Gasteiger partial charge on any atom is -0.496 e. The fourth-order valence-corrected chi connectivity index (χ4v) is 3.25. The van der Waals surface area contributed by atoms with Gasteiger partial charge in [0, 0.05) is 0 Å². The zero-order valence-electron chi connectivity index (χ0n) is 17.0. The Kier molecular flexibility index (Phi) is 5.54. The van der Waals surface area contributed by atoms with Crippen molar-refractivity contribution in [2.75, 3.05) is 7.11 Å². The van der Waals surface area contributed by atoms with Crippen molar-refractivity contribution >= 4 is 18.0 Å². The predicted molar refractivity (Wildman–Crippen MR) is 110 cm³/mol. The Morgan fingerprint density at radius 3 is 2.39 bits per heavy atom. The number of hydrogen-bond donors (Lipinski definition) is 1. The maximum Gasteiger partial charge on any atom is 0.329 e. The lowest BCUT2D eigenvalue weighted by molar-refractivity contribution is -0.123. The summed E-state index contributed by atoms with van der Waals surface area (Å²) in [5.74, 6) is 0.795. The fourth-order valence-electron chi connectivity index (χ4n) is 3.25. The maximum absolute atomic E-state index is 12.8. The fraction of sp³-hybridized carbons (Fsp3) is 0.304. The number of carbonyl (C=O) groups is 2. The summed E-state index contributed by atoms with van der Waals surface area (Å²) in [5.41, 5.74) is 5.28. The van der Waals surface area contributed by atoms with Crippen LogP contribution in [-0.2, 0) is 11.3 Å². The zero-order chi connectivity index (χ0) is 20.4. The van der Waals surface area contributed by atoms with Gasteiger partial charge in [0.25, 0.3) is 5.91 Å². The van der Waals surface area contributed by atoms with E-state index in [0.717, 1.165) is 33.6 Å². The Labute approximate surface area is 166 Å². The van der Waals surface area contributed by atoms with E-state index in [4.69, 9.17) is 4.74 Å². The molecule has 0 radical (unpaired) electrons. The number of carbonyl (C=O) groups excluding carboxylic acids is 2. The summed E-state index contributed by atoms with van der Waals surface area (Å²) in [6, 6.07) is 11.4. The van der Waals surface area contributed by atoms with Crippen molar-refractivity contribution in [3.63, 3.8) is 0 Å². The van der Waals surface area contributed by atoms with E-state index >= 15 is 0 Å². The van der Waals surface area contributed by atoms with Gasteiger partial charge in [-0.25, -0.2) is 4.79 Å². The second kappa shape index (κ2) is 7.89. The van der Waals surface area contributed by atoms with Gasteiger partial charge in [0.2, 0.25) is 0 Å². The number of urea groups is 1. The van der Waals surface area contributed by atoms with Gasteiger partial charge in [0.15, 0.2) is 0 Å². The number of ether oxygens (including phenoxy) is 1. The van der Waals surface area contributed by atoms with Gasteiger partial charge in [-0.15, -0.1) is 0 Å². The van der Waals surface area contributed by atoms with Gasteiger partial charge in [0.1, 0.15) is 11.4 Å². The molecule has 2 aromatic rings. The molecule has 0 aliphatic carbocycles. The van der Waals surface area contributed by atoms with E-state index in [0.29, 0.717) is 5.70 Å². The van der Waals surface area contributed by atoms with Crippen LogP contribution in [0.5, 0.6) is 5.75 Å². The number of hydrogen-bond acceptors (Lipinski definition) is 3. The van der Waals surface area contributed by atoms with Crippen LogP contribution in [0.25, 0.3) is 6.08 Å². The first kappa shape index (κ1) is 19.7. The lowest BCUT2D eigenvalue weighted by Crippen LogP contribution is -2.30. The van der Waals surface area contributed by atoms with E-state index in [-0.39, 0.29) is 18.4 Å². The molecule has 0 unspecified atom stereocenters. The SMILES string of the molecule is COc1cc(C)c(/C=C2\NC(=O)N(Cc3ccc(C)cc3)C2=O)cc1C(C)C. The Balaban J connectivity index is 1.89. The molecule has 3 rings (SSSR count). The standard InChI is InChI=1S/C23H26N2O3/c1-14(2)19-11-18(16(4)10-21(19)28-5)12-20-22(26)25(23(27)24-20)13-17-8-6-15(3)7-9-17/h6-12,14H,13H2,1-5H3,(H,24,27)/b20-12-. The van der Waals surface area contributed by atoms with Gasteiger partial charge in [-0.1, -0.05) is 43.7 Å². The number of aryl methyl sites for hydroxylation is 2. The summed E-state index contributed by atoms with van der Waals surface area (Å²) in [6.07, 6.45) is 1.75. The number of rotatable bonds is 5. The van der Waals surface area contributed by atoms with Crippen LogP contribution < -0.4 is 10.1 Å². The summed E-state index contributed by atoms with van der Waals surface area (Å²) in [5, 5.41) is 2.71. The highest BCUT2D eigenvalue weighted by atomic mass is 16.5. The lowest BCUT2D eigenvalue weighted by Gasteiger charge is -2.15. The molecule has 5 heteroatoms. The summed E-state index contributed by atoms with van der Waals surface area (Å²) >= 11 is 0. The second-order valence-corrected chi connectivity index (χ2v) is 7.47. The van der Waals surface area contributed by atoms with Crippen molar-refractivity contribution in [1.29, 1.82) is 0 Å². The monoisotopic (exact) mass is 378 g/mol. The zero-order valence-corrected chi connectivity index (χ0v) is 17.0. The summed E-state index contributed by atoms with van der Waals surface area (Å²) in [4.78, 5) is 26.4. The van der Waals surface area contributed by atoms with Gasteiger partial charge >= 0.3 is 6.03 Å². The van der Waals surface area contributed by atoms with Crippen LogP contribution >= 0.6 is 0 Å². The number of benzene rings is 2. The van der Waals surface area contributed by atoms with Gasteiger partial charge in [-0.05, 0) is 60.2 Å². The molecule has 1 heterocycles. The molecular formula is C23H26N2O3. The molecule has 0 saturated carbocycles. The lowest BCUT2D eigenvalue weighted by atomic mass is 9.96. The third kappa shape index (κ3) is 3.93. The minimum atomic E-state index is -0.396. The molecule has 2 aromatic carbocycles. The Morgan fingerprint density at radius 2 is 1.79 bits per heavy atom. The van der Waals surface area contributed by atoms with Crippen molar-refractivity contribution in [2.24, 2.45) is 0 Å². The van der Waals surface area contributed by atoms with E-state index in [1.54, 1.807) is 13.2 Å². The van der Waals surface area contributed by atoms with Crippen LogP contribution in [0.2, 0.25) is 0 Å². The molecule has 1 saturated heterocycles. The normalized spacial score (nSPS) is 15.5. The van der Waals surface area contributed by atoms with Crippen molar-refractivity contribution < 1.29 is 14.3 Å². The first-order chi connectivity index (χ1) is 13.3. The molecule has 28 heavy (non-hydrogen) atoms. The van der Waals surface area contributed by atoms with E-state index in [2.05, 4.69) is 19.2 Å². The van der Waals surface area contributed by atoms with E-state index < -0.39 is 6.03 Å². The summed E-state index contributed by atoms with van der Waals surface area (Å²) in [6.45, 7) is 8.40. The number of amides is 3. The highest BCUT2D eigenvalue weighted by Gasteiger charge is 2.33. The molecule has 1 aliphatic heterocycles. The van der Waals surface area contributed by atoms with E-state index in [9.17, 15) is 9.59 Å². The number of methoxy groups -OCH3 is 1. The molecule has 0 aromatic heterocycles. The molecular weight excluding hydrogens is 352 g/mol. The average Bonchev–Trinajstić information content (AvgIpc) is 2.92. The van der Waals surface area contributed by atoms with Crippen LogP contribution in [0.1, 0.15) is 47.6 Å². The van der Waals surface area contributed by atoms with Crippen LogP contribution in [0.4, 0.5) is 4.79 Å². The van der Waals surface area contributed by atoms with Gasteiger partial charge in [-0.2, -0.15) is 0 Å². The van der Waals surface area contributed by atoms with Gasteiger partial charge in [0.05, 0.1) is 13.7 Å². The van der Waals surface area contributed by atoms with Crippen LogP contribution in [-0.4, -0.2) is 23.9 Å². The molecule has 1 fully saturated rings.